The zero-order valence-corrected chi connectivity index (χ0v) is 17.2. The van der Waals surface area contributed by atoms with Gasteiger partial charge in [0.05, 0.1) is 0 Å². The first kappa shape index (κ1) is 26.5. The highest BCUT2D eigenvalue weighted by Gasteiger charge is 2.85. The van der Waals surface area contributed by atoms with Crippen LogP contribution in [0.4, 0.5) is 39.5 Å². The summed E-state index contributed by atoms with van der Waals surface area (Å²) in [4.78, 5) is 0. The Kier molecular flexibility index (Phi) is 8.21. The summed E-state index contributed by atoms with van der Waals surface area (Å²) in [7, 11) is -7.17. The molecule has 0 aliphatic carbocycles. The maximum Gasteiger partial charge on any atom is 0.460 e. The second-order valence-corrected chi connectivity index (χ2v) is 9.82. The van der Waals surface area contributed by atoms with E-state index in [4.69, 9.17) is 4.55 Å². The Labute approximate surface area is 174 Å². The van der Waals surface area contributed by atoms with Crippen LogP contribution in [0.5, 0.6) is 0 Å². The van der Waals surface area contributed by atoms with Crippen LogP contribution in [0.3, 0.4) is 0 Å². The topological polar surface area (TPSA) is 54.4 Å². The van der Waals surface area contributed by atoms with Crippen molar-refractivity contribution in [3.05, 3.63) is 67.8 Å². The van der Waals surface area contributed by atoms with Gasteiger partial charge < -0.3 is 0 Å². The van der Waals surface area contributed by atoms with Crippen LogP contribution in [0, 0.1) is 7.14 Å². The third-order valence-corrected chi connectivity index (χ3v) is 6.71. The highest BCUT2D eigenvalue weighted by atomic mass is 127. The van der Waals surface area contributed by atoms with Crippen molar-refractivity contribution < 1.29 is 73.7 Å². The Morgan fingerprint density at radius 1 is 0.633 bits per heavy atom. The Morgan fingerprint density at radius 3 is 1.23 bits per heavy atom. The highest BCUT2D eigenvalue weighted by molar-refractivity contribution is 7.87. The summed E-state index contributed by atoms with van der Waals surface area (Å²) in [5.41, 5.74) is 0. The highest BCUT2D eigenvalue weighted by Crippen LogP contribution is 2.54. The number of hydrogen-bond acceptors (Lipinski definition) is 2. The Morgan fingerprint density at radius 2 is 0.967 bits per heavy atom. The van der Waals surface area contributed by atoms with E-state index in [0.717, 1.165) is 0 Å². The van der Waals surface area contributed by atoms with Crippen LogP contribution < -0.4 is 21.2 Å². The molecular weight excluding hydrogens is 570 g/mol. The predicted molar refractivity (Wildman–Crippen MR) is 82.7 cm³/mol. The van der Waals surface area contributed by atoms with Crippen molar-refractivity contribution in [3.8, 4) is 0 Å². The maximum absolute atomic E-state index is 12.2. The van der Waals surface area contributed by atoms with Crippen LogP contribution >= 0.6 is 0 Å². The van der Waals surface area contributed by atoms with E-state index in [0.29, 0.717) is 0 Å². The quantitative estimate of drug-likeness (QED) is 0.335. The van der Waals surface area contributed by atoms with Gasteiger partial charge in [-0.2, -0.15) is 47.9 Å². The first-order valence-electron chi connectivity index (χ1n) is 7.37. The van der Waals surface area contributed by atoms with Crippen molar-refractivity contribution >= 4 is 10.1 Å². The zero-order chi connectivity index (χ0) is 23.4. The lowest BCUT2D eigenvalue weighted by Gasteiger charge is -2.31. The fraction of sp³-hybridized carbons (Fsp3) is 0.250. The Hall–Kier alpha value is -1.55. The Bertz CT molecular complexity index is 880. The van der Waals surface area contributed by atoms with Crippen molar-refractivity contribution in [3.63, 3.8) is 0 Å². The molecule has 2 rings (SSSR count). The molecule has 168 valence electrons. The molecule has 0 atom stereocenters. The van der Waals surface area contributed by atoms with Gasteiger partial charge in [0.1, 0.15) is 0 Å². The van der Waals surface area contributed by atoms with Crippen molar-refractivity contribution in [2.75, 3.05) is 0 Å². The summed E-state index contributed by atoms with van der Waals surface area (Å²) in [6.45, 7) is 0. The number of halogens is 10. The maximum atomic E-state index is 12.2. The van der Waals surface area contributed by atoms with Gasteiger partial charge in [0, 0.05) is 0 Å². The average Bonchev–Trinajstić information content (AvgIpc) is 2.62. The van der Waals surface area contributed by atoms with Crippen molar-refractivity contribution in [1.29, 1.82) is 0 Å². The van der Waals surface area contributed by atoms with Gasteiger partial charge in [0.15, 0.2) is 7.14 Å². The average molecular weight is 581 g/mol. The number of alkyl halides is 9. The standard InChI is InChI=1S/C12H10I.C4HF9O3S/c1-3-7-11(8-4-1)13-12-9-5-2-6-10-12;5-1(6,3(9,10)11)2(7,8)4(12,13)17(14,15)16/h1-10H;(H,14,15,16)/q+1;. The molecule has 0 aliphatic heterocycles. The van der Waals surface area contributed by atoms with E-state index >= 15 is 0 Å². The number of benzene rings is 2. The van der Waals surface area contributed by atoms with Crippen LogP contribution in [-0.2, 0) is 10.1 Å². The fourth-order valence-corrected chi connectivity index (χ4v) is 4.32. The predicted octanol–water partition coefficient (Wildman–Crippen LogP) is 2.11. The van der Waals surface area contributed by atoms with E-state index in [1.54, 1.807) is 0 Å². The molecule has 30 heavy (non-hydrogen) atoms. The number of rotatable bonds is 5. The van der Waals surface area contributed by atoms with Crippen molar-refractivity contribution in [2.45, 2.75) is 23.3 Å². The minimum absolute atomic E-state index is 0.0287. The van der Waals surface area contributed by atoms with Gasteiger partial charge >= 0.3 is 54.6 Å². The lowest BCUT2D eigenvalue weighted by Crippen LogP contribution is -3.61. The lowest BCUT2D eigenvalue weighted by atomic mass is 10.1. The third kappa shape index (κ3) is 5.78. The van der Waals surface area contributed by atoms with E-state index in [1.807, 2.05) is 0 Å². The summed E-state index contributed by atoms with van der Waals surface area (Å²) < 4.78 is 137. The third-order valence-electron chi connectivity index (χ3n) is 3.12. The fourth-order valence-electron chi connectivity index (χ4n) is 1.60. The molecule has 0 bridgehead atoms. The van der Waals surface area contributed by atoms with Crippen molar-refractivity contribution in [2.24, 2.45) is 0 Å². The van der Waals surface area contributed by atoms with Gasteiger partial charge in [-0.3, -0.25) is 4.55 Å². The molecule has 0 radical (unpaired) electrons. The molecule has 14 heteroatoms. The van der Waals surface area contributed by atoms with Gasteiger partial charge in [-0.25, -0.2) is 0 Å². The molecule has 0 fully saturated rings. The molecule has 0 saturated carbocycles. The minimum Gasteiger partial charge on any atom is -0.281 e. The van der Waals surface area contributed by atoms with Gasteiger partial charge in [-0.1, -0.05) is 36.4 Å². The summed E-state index contributed by atoms with van der Waals surface area (Å²) >= 11 is 0.0287. The van der Waals surface area contributed by atoms with E-state index in [9.17, 15) is 47.9 Å². The summed E-state index contributed by atoms with van der Waals surface area (Å²) in [5, 5.41) is -7.00. The first-order valence-corrected chi connectivity index (χ1v) is 11.0. The van der Waals surface area contributed by atoms with Crippen LogP contribution in [0.15, 0.2) is 60.7 Å². The molecule has 1 N–H and O–H groups in total. The molecule has 2 aromatic rings. The number of hydrogen-bond donors (Lipinski definition) is 1. The summed E-state index contributed by atoms with van der Waals surface area (Å²) in [6, 6.07) is 21.4. The SMILES string of the molecule is O=S(=O)(O)C(F)(F)C(F)(F)C(F)(F)C(F)(F)F.c1ccc([I+]c2ccccc2)cc1. The van der Waals surface area contributed by atoms with E-state index in [1.165, 1.54) is 7.14 Å². The van der Waals surface area contributed by atoms with Gasteiger partial charge in [0.2, 0.25) is 0 Å². The Balaban J connectivity index is 0.000000308. The molecule has 0 heterocycles. The smallest absolute Gasteiger partial charge is 0.281 e. The largest absolute Gasteiger partial charge is 0.460 e. The van der Waals surface area contributed by atoms with E-state index in [-0.39, 0.29) is 21.2 Å². The molecular formula is C16H11F9IO3S+. The van der Waals surface area contributed by atoms with E-state index < -0.39 is 33.4 Å². The normalized spacial score (nSPS) is 13.4. The molecule has 0 aromatic heterocycles. The molecule has 0 amide bonds. The first-order chi connectivity index (χ1) is 13.4. The lowest BCUT2D eigenvalue weighted by molar-refractivity contribution is -0.597. The van der Waals surface area contributed by atoms with Crippen molar-refractivity contribution in [1.82, 2.24) is 0 Å². The van der Waals surface area contributed by atoms with Crippen LogP contribution in [0.2, 0.25) is 0 Å². The summed E-state index contributed by atoms with van der Waals surface area (Å²) in [6.07, 6.45) is -7.13. The van der Waals surface area contributed by atoms with Gasteiger partial charge in [0.25, 0.3) is 0 Å². The summed E-state index contributed by atoms with van der Waals surface area (Å²) in [5.74, 6) is -14.7. The zero-order valence-electron chi connectivity index (χ0n) is 14.2. The van der Waals surface area contributed by atoms with Crippen LogP contribution in [-0.4, -0.2) is 36.2 Å². The van der Waals surface area contributed by atoms with Gasteiger partial charge in [-0.15, -0.1) is 0 Å². The second-order valence-electron chi connectivity index (χ2n) is 5.32. The molecule has 0 unspecified atom stereocenters. The molecule has 2 aromatic carbocycles. The molecule has 0 saturated heterocycles. The molecule has 0 aliphatic rings. The van der Waals surface area contributed by atoms with Crippen LogP contribution in [0.25, 0.3) is 0 Å². The molecule has 3 nitrogen and oxygen atoms in total. The molecule has 0 spiro atoms. The minimum atomic E-state index is -7.37. The van der Waals surface area contributed by atoms with E-state index in [2.05, 4.69) is 60.7 Å². The second kappa shape index (κ2) is 9.30. The monoisotopic (exact) mass is 581 g/mol. The van der Waals surface area contributed by atoms with Crippen LogP contribution in [0.1, 0.15) is 0 Å². The van der Waals surface area contributed by atoms with Gasteiger partial charge in [-0.05, 0) is 24.3 Å².